The average molecular weight is 1540 g/mol. The first kappa shape index (κ1) is 85.1. The number of ether oxygens (including phenoxy) is 1. The highest BCUT2D eigenvalue weighted by Gasteiger charge is 2.36. The Morgan fingerprint density at radius 1 is 0.640 bits per heavy atom. The number of rotatable bonds is 44. The van der Waals surface area contributed by atoms with Crippen LogP contribution in [-0.2, 0) is 78.4 Å². The number of para-hydroxylation sites is 1. The molecule has 0 aliphatic rings. The predicted octanol–water partition coefficient (Wildman–Crippen LogP) is -3.78. The molecule has 0 aliphatic carbocycles. The highest BCUT2D eigenvalue weighted by atomic mass is 16.5. The third-order valence-corrected chi connectivity index (χ3v) is 17.6. The zero-order valence-electron chi connectivity index (χ0n) is 60.8. The van der Waals surface area contributed by atoms with E-state index >= 15 is 0 Å². The van der Waals surface area contributed by atoms with Crippen molar-refractivity contribution in [3.8, 4) is 35.2 Å². The van der Waals surface area contributed by atoms with Gasteiger partial charge < -0.3 is 106 Å². The van der Waals surface area contributed by atoms with Gasteiger partial charge in [0.1, 0.15) is 72.1 Å². The van der Waals surface area contributed by atoms with Crippen molar-refractivity contribution in [2.75, 3.05) is 32.8 Å². The molecule has 7 aromatic rings. The van der Waals surface area contributed by atoms with Crippen molar-refractivity contribution >= 4 is 81.9 Å². The second-order valence-corrected chi connectivity index (χ2v) is 26.2. The summed E-state index contributed by atoms with van der Waals surface area (Å²) in [5.41, 5.74) is 23.3. The molecule has 38 heteroatoms. The molecule has 25 N–H and O–H groups in total. The van der Waals surface area contributed by atoms with Crippen molar-refractivity contribution in [3.05, 3.63) is 159 Å². The molecule has 0 fully saturated rings. The number of H-pyrrole nitrogens is 3. The van der Waals surface area contributed by atoms with Gasteiger partial charge in [0, 0.05) is 61.9 Å². The number of aromatic amines is 3. The Bertz CT molecular complexity index is 4570. The van der Waals surface area contributed by atoms with Gasteiger partial charge in [0.05, 0.1) is 36.9 Å². The van der Waals surface area contributed by atoms with Crippen LogP contribution in [0.15, 0.2) is 125 Å². The number of carboxylic acids is 1. The number of terminal acetylenes is 1. The summed E-state index contributed by atoms with van der Waals surface area (Å²) in [6.45, 7) is 1.61. The zero-order chi connectivity index (χ0) is 80.8. The van der Waals surface area contributed by atoms with Gasteiger partial charge in [-0.2, -0.15) is 4.68 Å². The van der Waals surface area contributed by atoms with Crippen LogP contribution in [0.25, 0.3) is 22.3 Å². The quantitative estimate of drug-likeness (QED) is 0.00754. The van der Waals surface area contributed by atoms with Crippen molar-refractivity contribution in [2.24, 2.45) is 28.9 Å². The first-order chi connectivity index (χ1) is 53.1. The number of phenolic OH excluding ortho intramolecular Hbond substituents is 1. The molecule has 592 valence electrons. The maximum absolute atomic E-state index is 14.8. The predicted molar refractivity (Wildman–Crippen MR) is 403 cm³/mol. The molecule has 4 aromatic carbocycles. The number of hydrogen-bond donors (Lipinski definition) is 21. The van der Waals surface area contributed by atoms with Gasteiger partial charge in [0.2, 0.25) is 59.1 Å². The van der Waals surface area contributed by atoms with Crippen LogP contribution in [0.5, 0.6) is 11.5 Å². The number of imidazole rings is 1. The summed E-state index contributed by atoms with van der Waals surface area (Å²) in [7, 11) is 0. The lowest BCUT2D eigenvalue weighted by molar-refractivity contribution is -0.141. The Labute approximate surface area is 635 Å². The SMILES string of the molecule is C#CCOc1ccc(-n2c(=O)[nH]n(-c3cc(CC(NC(=O)CNC(=O)C(Cc4ccccc4)NC(=O)C(Cc4c[nH]cn4)NC(=O)C(CCCNC(=N)N)NC(=O)C(CCCCN)NC(=O)C(CCC(N)=O)NC(=O)C(CO)NC(=O)C(Cc4c[nH]c5ccccc45)NC(=O)C(N)C(C)C)C(=O)O)ccc3O)c2=O)cc1. The Morgan fingerprint density at radius 2 is 1.22 bits per heavy atom. The summed E-state index contributed by atoms with van der Waals surface area (Å²) < 4.78 is 6.86. The number of aromatic nitrogens is 6. The fourth-order valence-corrected chi connectivity index (χ4v) is 11.6. The minimum absolute atomic E-state index is 0.0112. The first-order valence-corrected chi connectivity index (χ1v) is 35.4. The second-order valence-electron chi connectivity index (χ2n) is 26.2. The Hall–Kier alpha value is -13.2. The summed E-state index contributed by atoms with van der Waals surface area (Å²) in [6, 6.07) is 11.1. The van der Waals surface area contributed by atoms with Crippen LogP contribution in [0.2, 0.25) is 0 Å². The lowest BCUT2D eigenvalue weighted by Crippen LogP contribution is -2.61. The number of unbranched alkanes of at least 4 members (excludes halogenated alkanes) is 1. The van der Waals surface area contributed by atoms with E-state index in [0.29, 0.717) is 23.3 Å². The molecule has 9 unspecified atom stereocenters. The fourth-order valence-electron chi connectivity index (χ4n) is 11.6. The van der Waals surface area contributed by atoms with E-state index in [4.69, 9.17) is 39.5 Å². The minimum atomic E-state index is -1.78. The molecule has 0 aliphatic heterocycles. The van der Waals surface area contributed by atoms with E-state index in [-0.39, 0.29) is 93.2 Å². The van der Waals surface area contributed by atoms with Gasteiger partial charge in [-0.3, -0.25) is 53.4 Å². The summed E-state index contributed by atoms with van der Waals surface area (Å²) in [5.74, 6) is -9.76. The number of hydrogen-bond acceptors (Lipinski definition) is 20. The van der Waals surface area contributed by atoms with Gasteiger partial charge in [-0.05, 0) is 110 Å². The molecular weight excluding hydrogens is 1440 g/mol. The van der Waals surface area contributed by atoms with Crippen LogP contribution in [0.3, 0.4) is 0 Å². The standard InChI is InChI=1S/C73H93N21O17/c1-4-29-111-46-22-20-45(21-23-46)93-72(109)92-94(73(93)110)57-32-42(19-25-58(57)96)31-55(70(107)108)84-60(98)37-82-62(99)52(30-41-13-6-5-7-14-41)88-67(104)54(34-44-36-79-39-83-44)89-64(101)50(18-12-28-80-71(77)78)86-63(100)49(17-10-11-27-74)85-65(102)51(24-26-59(75)97)87-68(105)56(38-95)91-66(103)53(90-69(106)61(76)40(2)3)33-43-35-81-48-16-9-8-15-47(43)48/h1,5-9,13-16,19-23,25,32,35-36,39-40,49-56,61,81,95-96H,10-12,17-18,24,26-31,33-34,37-38,74,76H2,2-3H3,(H2,75,97)(H,79,83)(H,82,99)(H,84,98)(H,85,102)(H,86,100)(H,87,105)(H,88,104)(H,89,101)(H,90,106)(H,91,103)(H,92,109)(H,107,108)(H4,77,78,80). The Morgan fingerprint density at radius 3 is 1.82 bits per heavy atom. The Kier molecular flexibility index (Phi) is 32.1. The lowest BCUT2D eigenvalue weighted by atomic mass is 10.0. The van der Waals surface area contributed by atoms with Gasteiger partial charge in [-0.25, -0.2) is 29.0 Å². The number of nitrogens with zero attached hydrogens (tertiary/aromatic N) is 3. The smallest absolute Gasteiger partial charge is 0.356 e. The molecule has 3 aromatic heterocycles. The minimum Gasteiger partial charge on any atom is -0.506 e. The van der Waals surface area contributed by atoms with E-state index in [0.717, 1.165) is 26.2 Å². The topological polar surface area (TPSA) is 610 Å². The maximum atomic E-state index is 14.8. The summed E-state index contributed by atoms with van der Waals surface area (Å²) in [6.07, 6.45) is 7.69. The molecule has 0 saturated heterocycles. The molecule has 0 radical (unpaired) electrons. The third-order valence-electron chi connectivity index (χ3n) is 17.6. The molecule has 111 heavy (non-hydrogen) atoms. The van der Waals surface area contributed by atoms with Crippen molar-refractivity contribution in [2.45, 2.75) is 139 Å². The van der Waals surface area contributed by atoms with Crippen molar-refractivity contribution < 1.29 is 72.8 Å². The van der Waals surface area contributed by atoms with Crippen molar-refractivity contribution in [3.63, 3.8) is 0 Å². The molecule has 3 heterocycles. The molecular formula is C73H93N21O17. The summed E-state index contributed by atoms with van der Waals surface area (Å²) >= 11 is 0. The van der Waals surface area contributed by atoms with Crippen LogP contribution in [0.1, 0.15) is 81.2 Å². The number of amides is 10. The number of aliphatic hydroxyl groups excluding tert-OH is 1. The third kappa shape index (κ3) is 25.5. The molecule has 9 atom stereocenters. The Balaban J connectivity index is 1.06. The number of nitrogens with one attached hydrogen (secondary N) is 14. The normalized spacial score (nSPS) is 13.5. The van der Waals surface area contributed by atoms with Gasteiger partial charge in [0.15, 0.2) is 5.96 Å². The van der Waals surface area contributed by atoms with Crippen LogP contribution in [-0.4, -0.2) is 203 Å². The number of phenols is 1. The number of guanidine groups is 1. The number of nitrogens with two attached hydrogens (primary N) is 4. The number of aliphatic hydroxyl groups is 1. The largest absolute Gasteiger partial charge is 0.506 e. The number of fused-ring (bicyclic) bond motifs is 1. The molecule has 0 spiro atoms. The molecule has 0 saturated carbocycles. The van der Waals surface area contributed by atoms with Crippen molar-refractivity contribution in [1.82, 2.24) is 82.5 Å². The van der Waals surface area contributed by atoms with Crippen LogP contribution in [0.4, 0.5) is 0 Å². The van der Waals surface area contributed by atoms with E-state index in [1.54, 1.807) is 74.6 Å². The van der Waals surface area contributed by atoms with Gasteiger partial charge in [-0.1, -0.05) is 74.4 Å². The average Bonchev–Trinajstić information content (AvgIpc) is 1.56. The van der Waals surface area contributed by atoms with E-state index in [2.05, 4.69) is 79.1 Å². The van der Waals surface area contributed by atoms with Crippen molar-refractivity contribution in [1.29, 1.82) is 5.41 Å². The van der Waals surface area contributed by atoms with E-state index in [1.165, 1.54) is 48.9 Å². The number of aliphatic carboxylic acids is 1. The fraction of sp³-hybridized carbons (Fsp3) is 0.384. The van der Waals surface area contributed by atoms with Gasteiger partial charge in [0.25, 0.3) is 0 Å². The second kappa shape index (κ2) is 41.8. The molecule has 10 amide bonds. The number of primary amides is 1. The highest BCUT2D eigenvalue weighted by Crippen LogP contribution is 2.24. The van der Waals surface area contributed by atoms with Crippen LogP contribution in [0, 0.1) is 23.7 Å². The molecule has 7 rings (SSSR count). The van der Waals surface area contributed by atoms with E-state index in [1.807, 2.05) is 0 Å². The zero-order valence-corrected chi connectivity index (χ0v) is 60.8. The number of aromatic hydroxyl groups is 1. The number of carbonyl (C=O) groups excluding carboxylic acids is 10. The number of carboxylic acid groups (broad SMARTS) is 1. The number of carbonyl (C=O) groups is 11. The maximum Gasteiger partial charge on any atom is 0.356 e. The van der Waals surface area contributed by atoms with Crippen LogP contribution < -0.4 is 92.2 Å². The lowest BCUT2D eigenvalue weighted by Gasteiger charge is -2.28. The highest BCUT2D eigenvalue weighted by molar-refractivity contribution is 5.99. The van der Waals surface area contributed by atoms with Crippen LogP contribution >= 0.6 is 0 Å². The van der Waals surface area contributed by atoms with Gasteiger partial charge in [-0.15, -0.1) is 6.42 Å². The summed E-state index contributed by atoms with van der Waals surface area (Å²) in [4.78, 5) is 190. The van der Waals surface area contributed by atoms with Gasteiger partial charge >= 0.3 is 17.3 Å². The molecule has 38 nitrogen and oxygen atoms in total. The monoisotopic (exact) mass is 1540 g/mol. The molecule has 0 bridgehead atoms. The number of benzene rings is 4. The summed E-state index contributed by atoms with van der Waals surface area (Å²) in [5, 5.41) is 67.9. The van der Waals surface area contributed by atoms with E-state index < -0.39 is 175 Å². The first-order valence-electron chi connectivity index (χ1n) is 35.4. The van der Waals surface area contributed by atoms with E-state index in [9.17, 15) is 77.6 Å².